The number of halogens is 4. The molecule has 10 rings (SSSR count). The normalized spacial score (nSPS) is 12.2. The summed E-state index contributed by atoms with van der Waals surface area (Å²) >= 11 is 4.90. The van der Waals surface area contributed by atoms with Crippen molar-refractivity contribution in [1.29, 1.82) is 0 Å². The molecule has 0 aliphatic rings. The third-order valence-corrected chi connectivity index (χ3v) is 12.3. The first-order chi connectivity index (χ1) is 23.3. The molecule has 0 fully saturated rings. The van der Waals surface area contributed by atoms with Gasteiger partial charge in [-0.25, -0.2) is 37.5 Å². The molecule has 0 radical (unpaired) electrons. The second-order valence-electron chi connectivity index (χ2n) is 10.9. The van der Waals surface area contributed by atoms with Gasteiger partial charge in [-0.2, -0.15) is 0 Å². The molecule has 0 amide bonds. The van der Waals surface area contributed by atoms with Crippen LogP contribution in [0.3, 0.4) is 0 Å². The second-order valence-corrected chi connectivity index (χ2v) is 15.0. The number of aromatic nitrogens is 4. The van der Waals surface area contributed by atoms with Crippen LogP contribution in [0.25, 0.3) is 94.7 Å². The van der Waals surface area contributed by atoms with Crippen molar-refractivity contribution in [2.45, 2.75) is 0 Å². The lowest BCUT2D eigenvalue weighted by molar-refractivity contribution is 0.617. The fraction of sp³-hybridized carbons (Fsp3) is 0. The third kappa shape index (κ3) is 4.48. The summed E-state index contributed by atoms with van der Waals surface area (Å²) < 4.78 is 71.2. The number of rotatable bonds is 4. The van der Waals surface area contributed by atoms with Crippen LogP contribution in [0.4, 0.5) is 17.6 Å². The molecule has 0 atom stereocenters. The summed E-state index contributed by atoms with van der Waals surface area (Å²) in [6.45, 7) is 0. The van der Waals surface area contributed by atoms with Gasteiger partial charge in [0, 0.05) is 12.1 Å². The number of thiazole rings is 2. The summed E-state index contributed by atoms with van der Waals surface area (Å²) in [5.74, 6) is -1.19. The number of hydrogen-bond acceptors (Lipinski definition) is 10. The Bertz CT molecular complexity index is 2670. The molecule has 6 nitrogen and oxygen atoms in total. The highest BCUT2D eigenvalue weighted by Crippen LogP contribution is 2.43. The minimum atomic E-state index is -0.461. The maximum Gasteiger partial charge on any atom is 0.237 e. The van der Waals surface area contributed by atoms with Gasteiger partial charge < -0.3 is 8.83 Å². The first-order valence-corrected chi connectivity index (χ1v) is 17.5. The van der Waals surface area contributed by atoms with E-state index in [4.69, 9.17) is 8.83 Å². The maximum absolute atomic E-state index is 15.1. The second kappa shape index (κ2) is 10.2. The lowest BCUT2D eigenvalue weighted by Gasteiger charge is -1.96. The highest BCUT2D eigenvalue weighted by Gasteiger charge is 2.22. The van der Waals surface area contributed by atoms with E-state index in [2.05, 4.69) is 19.9 Å². The van der Waals surface area contributed by atoms with Gasteiger partial charge in [0.15, 0.2) is 11.2 Å². The van der Waals surface area contributed by atoms with Gasteiger partial charge in [-0.05, 0) is 71.4 Å². The molecule has 6 aromatic heterocycles. The summed E-state index contributed by atoms with van der Waals surface area (Å²) in [4.78, 5) is 19.7. The minimum Gasteiger partial charge on any atom is -0.435 e. The van der Waals surface area contributed by atoms with Gasteiger partial charge in [-0.3, -0.25) is 0 Å². The third-order valence-electron chi connectivity index (χ3n) is 7.74. The molecule has 48 heavy (non-hydrogen) atoms. The summed E-state index contributed by atoms with van der Waals surface area (Å²) in [6.07, 6.45) is 0. The van der Waals surface area contributed by atoms with E-state index in [9.17, 15) is 8.78 Å². The van der Waals surface area contributed by atoms with Crippen molar-refractivity contribution >= 4 is 98.8 Å². The van der Waals surface area contributed by atoms with E-state index in [-0.39, 0.29) is 11.8 Å². The van der Waals surface area contributed by atoms with E-state index in [0.29, 0.717) is 62.8 Å². The number of fused-ring (bicyclic) bond motifs is 5. The first kappa shape index (κ1) is 28.0. The van der Waals surface area contributed by atoms with Gasteiger partial charge in [0.05, 0.1) is 39.9 Å². The number of thiophene rings is 2. The number of hydrogen-bond donors (Lipinski definition) is 0. The van der Waals surface area contributed by atoms with Crippen molar-refractivity contribution in [2.24, 2.45) is 0 Å². The van der Waals surface area contributed by atoms with E-state index < -0.39 is 23.3 Å². The molecule has 0 bridgehead atoms. The van der Waals surface area contributed by atoms with Crippen molar-refractivity contribution in [3.63, 3.8) is 0 Å². The maximum atomic E-state index is 15.1. The zero-order valence-corrected chi connectivity index (χ0v) is 26.9. The molecule has 0 aliphatic heterocycles. The van der Waals surface area contributed by atoms with Crippen LogP contribution in [0.1, 0.15) is 0 Å². The van der Waals surface area contributed by atoms with Gasteiger partial charge >= 0.3 is 0 Å². The van der Waals surface area contributed by atoms with E-state index in [1.54, 1.807) is 12.1 Å². The Kier molecular flexibility index (Phi) is 5.98. The van der Waals surface area contributed by atoms with Gasteiger partial charge in [0.1, 0.15) is 44.3 Å². The van der Waals surface area contributed by atoms with Gasteiger partial charge in [0.2, 0.25) is 11.8 Å². The number of oxazole rings is 2. The molecule has 0 aliphatic carbocycles. The van der Waals surface area contributed by atoms with Gasteiger partial charge in [0.25, 0.3) is 0 Å². The standard InChI is InChI=1S/C34H12F4N4O2S4/c35-15-1-3-25-21(9-15)41-33(47-25)29-17(37)11-27(45-29)31-39-19-5-13-8-24-20(6-14(13)7-23(19)43-31)40-32(44-24)28-12-18(38)30(46-28)34-42-22-10-16(36)2-4-26(22)48-34/h1-12H. The van der Waals surface area contributed by atoms with Crippen molar-refractivity contribution in [1.82, 2.24) is 19.9 Å². The fourth-order valence-electron chi connectivity index (χ4n) is 5.54. The predicted molar refractivity (Wildman–Crippen MR) is 183 cm³/mol. The smallest absolute Gasteiger partial charge is 0.237 e. The molecule has 14 heteroatoms. The number of nitrogens with zero attached hydrogens (tertiary/aromatic N) is 4. The predicted octanol–water partition coefficient (Wildman–Crippen LogP) is 11.7. The Balaban J connectivity index is 0.988. The quantitative estimate of drug-likeness (QED) is 0.169. The van der Waals surface area contributed by atoms with Crippen LogP contribution >= 0.6 is 45.3 Å². The van der Waals surface area contributed by atoms with E-state index in [1.807, 2.05) is 24.3 Å². The molecule has 0 saturated carbocycles. The summed E-state index contributed by atoms with van der Waals surface area (Å²) in [5, 5.41) is 2.54. The molecule has 0 spiro atoms. The Morgan fingerprint density at radius 3 is 1.38 bits per heavy atom. The monoisotopic (exact) mass is 712 g/mol. The SMILES string of the molecule is Fc1ccc2sc(-c3sc(-c4nc5cc6cc7oc(-c8cc(F)c(-c9nc%10cc(F)ccc%10s9)s8)nc7cc6cc5o4)cc3F)nc2c1. The summed E-state index contributed by atoms with van der Waals surface area (Å²) in [6, 6.07) is 18.7. The van der Waals surface area contributed by atoms with Crippen LogP contribution in [-0.2, 0) is 0 Å². The van der Waals surface area contributed by atoms with Crippen molar-refractivity contribution in [2.75, 3.05) is 0 Å². The fourth-order valence-corrected chi connectivity index (χ4v) is 9.51. The van der Waals surface area contributed by atoms with Crippen LogP contribution in [0.5, 0.6) is 0 Å². The Morgan fingerprint density at radius 2 is 0.917 bits per heavy atom. The topological polar surface area (TPSA) is 77.8 Å². The molecule has 0 N–H and O–H groups in total. The molecular formula is C34H12F4N4O2S4. The van der Waals surface area contributed by atoms with Gasteiger partial charge in [-0.15, -0.1) is 45.3 Å². The first-order valence-electron chi connectivity index (χ1n) is 14.2. The van der Waals surface area contributed by atoms with Crippen LogP contribution in [0.15, 0.2) is 81.6 Å². The van der Waals surface area contributed by atoms with Crippen LogP contribution in [0, 0.1) is 23.3 Å². The largest absolute Gasteiger partial charge is 0.435 e. The molecule has 10 aromatic rings. The molecule has 0 unspecified atom stereocenters. The van der Waals surface area contributed by atoms with Crippen LogP contribution in [-0.4, -0.2) is 19.9 Å². The van der Waals surface area contributed by atoms with Crippen molar-refractivity contribution in [3.05, 3.63) is 96.1 Å². The lowest BCUT2D eigenvalue weighted by atomic mass is 10.1. The summed E-state index contributed by atoms with van der Waals surface area (Å²) in [5.41, 5.74) is 3.10. The highest BCUT2D eigenvalue weighted by atomic mass is 32.1. The molecule has 0 saturated heterocycles. The molecule has 232 valence electrons. The Morgan fingerprint density at radius 1 is 0.458 bits per heavy atom. The molecule has 4 aromatic carbocycles. The summed E-state index contributed by atoms with van der Waals surface area (Å²) in [7, 11) is 0. The van der Waals surface area contributed by atoms with Gasteiger partial charge in [-0.1, -0.05) is 0 Å². The zero-order valence-electron chi connectivity index (χ0n) is 23.7. The van der Waals surface area contributed by atoms with E-state index in [0.717, 1.165) is 42.8 Å². The average molecular weight is 713 g/mol. The molecule has 6 heterocycles. The zero-order chi connectivity index (χ0) is 32.3. The minimum absolute atomic E-state index is 0.264. The van der Waals surface area contributed by atoms with E-state index >= 15 is 8.78 Å². The van der Waals surface area contributed by atoms with Crippen LogP contribution < -0.4 is 0 Å². The van der Waals surface area contributed by atoms with Crippen molar-refractivity contribution < 1.29 is 26.4 Å². The average Bonchev–Trinajstić information content (AvgIpc) is 3.90. The highest BCUT2D eigenvalue weighted by molar-refractivity contribution is 7.27. The Labute approximate surface area is 281 Å². The van der Waals surface area contributed by atoms with Crippen LogP contribution in [0.2, 0.25) is 0 Å². The van der Waals surface area contributed by atoms with Crippen molar-refractivity contribution in [3.8, 4) is 41.3 Å². The lowest BCUT2D eigenvalue weighted by Crippen LogP contribution is -1.76. The molecular weight excluding hydrogens is 701 g/mol. The van der Waals surface area contributed by atoms with E-state index in [1.165, 1.54) is 59.1 Å². The number of benzene rings is 4. The Hall–Kier alpha value is -5.02.